The highest BCUT2D eigenvalue weighted by atomic mass is 35.5. The summed E-state index contributed by atoms with van der Waals surface area (Å²) >= 11 is 5.68. The van der Waals surface area contributed by atoms with E-state index in [1.165, 1.54) is 31.2 Å². The van der Waals surface area contributed by atoms with Crippen molar-refractivity contribution in [3.8, 4) is 0 Å². The molecule has 2 aromatic rings. The Morgan fingerprint density at radius 2 is 1.92 bits per heavy atom. The first-order valence-corrected chi connectivity index (χ1v) is 8.36. The number of benzene rings is 2. The number of nitrogens with one attached hydrogen (secondary N) is 1. The molecule has 136 valence electrons. The Hall–Kier alpha value is -2.66. The predicted octanol–water partition coefficient (Wildman–Crippen LogP) is 4.68. The molecule has 0 aliphatic rings. The SMILES string of the molecule is Cc1ccc(NC(=O)[C@H](C)OC(=O)/C=C/c2ccc(F)c(Cl)c2)c(C)c1. The molecule has 4 nitrogen and oxygen atoms in total. The molecule has 26 heavy (non-hydrogen) atoms. The van der Waals surface area contributed by atoms with Gasteiger partial charge in [-0.2, -0.15) is 0 Å². The van der Waals surface area contributed by atoms with Crippen LogP contribution in [0.15, 0.2) is 42.5 Å². The molecule has 1 atom stereocenters. The molecule has 1 amide bonds. The molecule has 0 aliphatic carbocycles. The highest BCUT2D eigenvalue weighted by Gasteiger charge is 2.17. The van der Waals surface area contributed by atoms with Gasteiger partial charge in [0, 0.05) is 11.8 Å². The first-order chi connectivity index (χ1) is 12.3. The fourth-order valence-electron chi connectivity index (χ4n) is 2.24. The Morgan fingerprint density at radius 1 is 1.19 bits per heavy atom. The molecule has 0 aromatic heterocycles. The molecule has 1 N–H and O–H groups in total. The van der Waals surface area contributed by atoms with Crippen LogP contribution >= 0.6 is 11.6 Å². The zero-order chi connectivity index (χ0) is 19.3. The second-order valence-electron chi connectivity index (χ2n) is 5.89. The Labute approximate surface area is 156 Å². The Morgan fingerprint density at radius 3 is 2.58 bits per heavy atom. The maximum Gasteiger partial charge on any atom is 0.331 e. The number of esters is 1. The number of carbonyl (C=O) groups excluding carboxylic acids is 2. The van der Waals surface area contributed by atoms with Crippen molar-refractivity contribution in [2.75, 3.05) is 5.32 Å². The van der Waals surface area contributed by atoms with Gasteiger partial charge in [-0.25, -0.2) is 9.18 Å². The van der Waals surface area contributed by atoms with Gasteiger partial charge in [0.15, 0.2) is 6.10 Å². The monoisotopic (exact) mass is 375 g/mol. The second-order valence-corrected chi connectivity index (χ2v) is 6.30. The van der Waals surface area contributed by atoms with E-state index in [9.17, 15) is 14.0 Å². The van der Waals surface area contributed by atoms with Gasteiger partial charge in [-0.05, 0) is 56.2 Å². The van der Waals surface area contributed by atoms with Gasteiger partial charge in [0.2, 0.25) is 0 Å². The zero-order valence-corrected chi connectivity index (χ0v) is 15.4. The largest absolute Gasteiger partial charge is 0.449 e. The zero-order valence-electron chi connectivity index (χ0n) is 14.7. The molecule has 0 heterocycles. The maximum atomic E-state index is 13.1. The molecule has 0 saturated carbocycles. The van der Waals surface area contributed by atoms with Gasteiger partial charge in [-0.1, -0.05) is 35.4 Å². The molecular weight excluding hydrogens is 357 g/mol. The Kier molecular flexibility index (Phi) is 6.52. The Bertz CT molecular complexity index is 864. The van der Waals surface area contributed by atoms with Crippen molar-refractivity contribution in [3.63, 3.8) is 0 Å². The first-order valence-electron chi connectivity index (χ1n) is 7.98. The molecule has 0 unspecified atom stereocenters. The number of aryl methyl sites for hydroxylation is 2. The molecule has 6 heteroatoms. The van der Waals surface area contributed by atoms with Crippen molar-refractivity contribution in [2.45, 2.75) is 26.9 Å². The summed E-state index contributed by atoms with van der Waals surface area (Å²) < 4.78 is 18.2. The van der Waals surface area contributed by atoms with Crippen LogP contribution in [-0.2, 0) is 14.3 Å². The van der Waals surface area contributed by atoms with Gasteiger partial charge < -0.3 is 10.1 Å². The lowest BCUT2D eigenvalue weighted by Crippen LogP contribution is -2.29. The smallest absolute Gasteiger partial charge is 0.331 e. The molecule has 2 rings (SSSR count). The van der Waals surface area contributed by atoms with Gasteiger partial charge >= 0.3 is 5.97 Å². The number of rotatable bonds is 5. The fraction of sp³-hybridized carbons (Fsp3) is 0.200. The predicted molar refractivity (Wildman–Crippen MR) is 101 cm³/mol. The van der Waals surface area contributed by atoms with Crippen LogP contribution in [0, 0.1) is 19.7 Å². The average Bonchev–Trinajstić information content (AvgIpc) is 2.58. The Balaban J connectivity index is 1.94. The van der Waals surface area contributed by atoms with Crippen molar-refractivity contribution in [3.05, 3.63) is 70.0 Å². The van der Waals surface area contributed by atoms with E-state index in [0.29, 0.717) is 11.3 Å². The number of amides is 1. The third-order valence-electron chi connectivity index (χ3n) is 3.66. The molecule has 0 saturated heterocycles. The summed E-state index contributed by atoms with van der Waals surface area (Å²) in [5, 5.41) is 2.69. The normalized spacial score (nSPS) is 12.0. The summed E-state index contributed by atoms with van der Waals surface area (Å²) in [6.45, 7) is 5.33. The lowest BCUT2D eigenvalue weighted by molar-refractivity contribution is -0.148. The minimum absolute atomic E-state index is 0.0401. The molecule has 0 bridgehead atoms. The summed E-state index contributed by atoms with van der Waals surface area (Å²) in [5.41, 5.74) is 3.22. The van der Waals surface area contributed by atoms with Gasteiger partial charge in [-0.3, -0.25) is 4.79 Å². The molecular formula is C20H19ClFNO3. The average molecular weight is 376 g/mol. The maximum absolute atomic E-state index is 13.1. The van der Waals surface area contributed by atoms with Crippen LogP contribution in [0.3, 0.4) is 0 Å². The van der Waals surface area contributed by atoms with Crippen LogP contribution in [0.1, 0.15) is 23.6 Å². The van der Waals surface area contributed by atoms with Crippen LogP contribution < -0.4 is 5.32 Å². The summed E-state index contributed by atoms with van der Waals surface area (Å²) in [7, 11) is 0. The van der Waals surface area contributed by atoms with E-state index in [1.807, 2.05) is 26.0 Å². The minimum atomic E-state index is -0.968. The van der Waals surface area contributed by atoms with Crippen molar-refractivity contribution in [2.24, 2.45) is 0 Å². The topological polar surface area (TPSA) is 55.4 Å². The molecule has 0 spiro atoms. The first kappa shape index (κ1) is 19.7. The number of anilines is 1. The van der Waals surface area contributed by atoms with E-state index >= 15 is 0 Å². The van der Waals surface area contributed by atoms with E-state index in [0.717, 1.165) is 17.2 Å². The van der Waals surface area contributed by atoms with E-state index in [2.05, 4.69) is 5.32 Å². The summed E-state index contributed by atoms with van der Waals surface area (Å²) in [6, 6.07) is 9.69. The van der Waals surface area contributed by atoms with Crippen LogP contribution in [0.4, 0.5) is 10.1 Å². The summed E-state index contributed by atoms with van der Waals surface area (Å²) in [6.07, 6.45) is 1.62. The quantitative estimate of drug-likeness (QED) is 0.609. The van der Waals surface area contributed by atoms with Crippen LogP contribution in [0.25, 0.3) is 6.08 Å². The van der Waals surface area contributed by atoms with Crippen LogP contribution in [-0.4, -0.2) is 18.0 Å². The molecule has 0 aliphatic heterocycles. The van der Waals surface area contributed by atoms with Crippen molar-refractivity contribution >= 4 is 35.2 Å². The van der Waals surface area contributed by atoms with Crippen molar-refractivity contribution in [1.82, 2.24) is 0 Å². The van der Waals surface area contributed by atoms with Gasteiger partial charge in [-0.15, -0.1) is 0 Å². The van der Waals surface area contributed by atoms with E-state index in [-0.39, 0.29) is 5.02 Å². The molecule has 0 fully saturated rings. The van der Waals surface area contributed by atoms with Gasteiger partial charge in [0.25, 0.3) is 5.91 Å². The number of carbonyl (C=O) groups is 2. The van der Waals surface area contributed by atoms with E-state index < -0.39 is 23.8 Å². The summed E-state index contributed by atoms with van der Waals surface area (Å²) in [4.78, 5) is 24.0. The van der Waals surface area contributed by atoms with Crippen LogP contribution in [0.2, 0.25) is 5.02 Å². The highest BCUT2D eigenvalue weighted by molar-refractivity contribution is 6.30. The van der Waals surface area contributed by atoms with Crippen molar-refractivity contribution in [1.29, 1.82) is 0 Å². The third-order valence-corrected chi connectivity index (χ3v) is 3.95. The van der Waals surface area contributed by atoms with Gasteiger partial charge in [0.05, 0.1) is 5.02 Å². The van der Waals surface area contributed by atoms with Crippen molar-refractivity contribution < 1.29 is 18.7 Å². The highest BCUT2D eigenvalue weighted by Crippen LogP contribution is 2.18. The van der Waals surface area contributed by atoms with E-state index in [1.54, 1.807) is 6.07 Å². The lowest BCUT2D eigenvalue weighted by Gasteiger charge is -2.14. The number of halogens is 2. The number of hydrogen-bond acceptors (Lipinski definition) is 3. The number of ether oxygens (including phenoxy) is 1. The van der Waals surface area contributed by atoms with Gasteiger partial charge in [0.1, 0.15) is 5.82 Å². The fourth-order valence-corrected chi connectivity index (χ4v) is 2.42. The standard InChI is InChI=1S/C20H19ClFNO3/c1-12-4-8-18(13(2)10-12)23-20(25)14(3)26-19(24)9-6-15-5-7-17(22)16(21)11-15/h4-11,14H,1-3H3,(H,23,25)/b9-6+/t14-/m0/s1. The second kappa shape index (κ2) is 8.63. The minimum Gasteiger partial charge on any atom is -0.449 e. The van der Waals surface area contributed by atoms with E-state index in [4.69, 9.17) is 16.3 Å². The molecule has 0 radical (unpaired) electrons. The number of hydrogen-bond donors (Lipinski definition) is 1. The van der Waals surface area contributed by atoms with Crippen LogP contribution in [0.5, 0.6) is 0 Å². The third kappa shape index (κ3) is 5.43. The lowest BCUT2D eigenvalue weighted by atomic mass is 10.1. The molecule has 2 aromatic carbocycles. The summed E-state index contributed by atoms with van der Waals surface area (Å²) in [5.74, 6) is -1.65.